The van der Waals surface area contributed by atoms with E-state index in [4.69, 9.17) is 9.47 Å². The molecule has 5 nitrogen and oxygen atoms in total. The normalized spacial score (nSPS) is 15.1. The number of ether oxygens (including phenoxy) is 2. The summed E-state index contributed by atoms with van der Waals surface area (Å²) in [5.41, 5.74) is 2.82. The van der Waals surface area contributed by atoms with E-state index in [9.17, 15) is 9.59 Å². The Morgan fingerprint density at radius 2 is 1.71 bits per heavy atom. The zero-order valence-electron chi connectivity index (χ0n) is 15.6. The predicted octanol–water partition coefficient (Wildman–Crippen LogP) is 3.30. The molecule has 2 aromatic rings. The van der Waals surface area contributed by atoms with Crippen molar-refractivity contribution in [3.8, 4) is 11.8 Å². The van der Waals surface area contributed by atoms with Gasteiger partial charge in [0.25, 0.3) is 0 Å². The van der Waals surface area contributed by atoms with Crippen LogP contribution in [0, 0.1) is 11.8 Å². The van der Waals surface area contributed by atoms with E-state index in [0.29, 0.717) is 0 Å². The highest BCUT2D eigenvalue weighted by molar-refractivity contribution is 5.96. The highest BCUT2D eigenvalue weighted by atomic mass is 16.5. The van der Waals surface area contributed by atoms with E-state index in [1.54, 1.807) is 11.1 Å². The van der Waals surface area contributed by atoms with Crippen molar-refractivity contribution in [1.29, 1.82) is 0 Å². The lowest BCUT2D eigenvalue weighted by atomic mass is 9.95. The first-order valence-electron chi connectivity index (χ1n) is 8.64. The van der Waals surface area contributed by atoms with E-state index >= 15 is 0 Å². The van der Waals surface area contributed by atoms with E-state index in [2.05, 4.69) is 11.8 Å². The number of benzene rings is 2. The molecule has 0 fully saturated rings. The molecule has 0 saturated heterocycles. The molecule has 1 aliphatic heterocycles. The number of fused-ring (bicyclic) bond motifs is 1. The maximum Gasteiger partial charge on any atom is 0.354 e. The molecule has 3 rings (SSSR count). The lowest BCUT2D eigenvalue weighted by molar-refractivity contribution is -0.139. The summed E-state index contributed by atoms with van der Waals surface area (Å²) in [6.45, 7) is 0. The van der Waals surface area contributed by atoms with Gasteiger partial charge in [0.15, 0.2) is 0 Å². The Kier molecular flexibility index (Phi) is 5.93. The molecule has 1 heterocycles. The fraction of sp³-hybridized carbons (Fsp3) is 0.130. The smallest absolute Gasteiger partial charge is 0.354 e. The summed E-state index contributed by atoms with van der Waals surface area (Å²) in [4.78, 5) is 25.8. The Bertz CT molecular complexity index is 996. The lowest BCUT2D eigenvalue weighted by Crippen LogP contribution is -2.30. The summed E-state index contributed by atoms with van der Waals surface area (Å²) < 4.78 is 9.56. The van der Waals surface area contributed by atoms with Crippen molar-refractivity contribution in [2.45, 2.75) is 6.04 Å². The topological polar surface area (TPSA) is 55.8 Å². The van der Waals surface area contributed by atoms with Crippen molar-refractivity contribution in [2.24, 2.45) is 0 Å². The van der Waals surface area contributed by atoms with Gasteiger partial charge in [0, 0.05) is 11.8 Å². The second kappa shape index (κ2) is 8.74. The van der Waals surface area contributed by atoms with Gasteiger partial charge in [-0.25, -0.2) is 9.59 Å². The minimum Gasteiger partial charge on any atom is -0.466 e. The van der Waals surface area contributed by atoms with Crippen LogP contribution in [-0.4, -0.2) is 31.1 Å². The van der Waals surface area contributed by atoms with E-state index < -0.39 is 18.0 Å². The summed E-state index contributed by atoms with van der Waals surface area (Å²) in [5.74, 6) is 5.06. The van der Waals surface area contributed by atoms with Gasteiger partial charge in [-0.3, -0.25) is 0 Å². The van der Waals surface area contributed by atoms with Gasteiger partial charge in [0.1, 0.15) is 11.7 Å². The molecule has 0 amide bonds. The first-order chi connectivity index (χ1) is 13.6. The number of nitrogens with zero attached hydrogens (tertiary/aromatic N) is 1. The molecule has 0 saturated carbocycles. The summed E-state index contributed by atoms with van der Waals surface area (Å²) in [6, 6.07) is 16.9. The van der Waals surface area contributed by atoms with Gasteiger partial charge in [-0.05, 0) is 29.3 Å². The molecular formula is C23H19NO4. The molecule has 0 bridgehead atoms. The van der Waals surface area contributed by atoms with Crippen LogP contribution in [0.2, 0.25) is 0 Å². The monoisotopic (exact) mass is 373 g/mol. The minimum absolute atomic E-state index is 0.0486. The van der Waals surface area contributed by atoms with Crippen LogP contribution in [0.25, 0.3) is 6.08 Å². The number of carbonyl (C=O) groups is 2. The summed E-state index contributed by atoms with van der Waals surface area (Å²) in [6.07, 6.45) is 4.70. The second-order valence-corrected chi connectivity index (χ2v) is 5.93. The van der Waals surface area contributed by atoms with Crippen molar-refractivity contribution >= 4 is 18.0 Å². The van der Waals surface area contributed by atoms with E-state index in [-0.39, 0.29) is 5.70 Å². The molecule has 0 radical (unpaired) electrons. The number of hydrogen-bond acceptors (Lipinski definition) is 5. The van der Waals surface area contributed by atoms with Crippen LogP contribution in [0.5, 0.6) is 0 Å². The van der Waals surface area contributed by atoms with Crippen LogP contribution in [0.3, 0.4) is 0 Å². The average molecular weight is 373 g/mol. The van der Waals surface area contributed by atoms with Crippen LogP contribution >= 0.6 is 0 Å². The van der Waals surface area contributed by atoms with E-state index in [1.807, 2.05) is 60.7 Å². The van der Waals surface area contributed by atoms with Crippen molar-refractivity contribution in [3.63, 3.8) is 0 Å². The van der Waals surface area contributed by atoms with Crippen molar-refractivity contribution < 1.29 is 19.1 Å². The second-order valence-electron chi connectivity index (χ2n) is 5.93. The number of esters is 2. The quantitative estimate of drug-likeness (QED) is 0.469. The highest BCUT2D eigenvalue weighted by Crippen LogP contribution is 2.33. The molecule has 5 heteroatoms. The van der Waals surface area contributed by atoms with Gasteiger partial charge < -0.3 is 14.4 Å². The molecule has 1 unspecified atom stereocenters. The van der Waals surface area contributed by atoms with Crippen LogP contribution in [0.15, 0.2) is 72.6 Å². The molecule has 0 N–H and O–H groups in total. The molecule has 1 aliphatic rings. The molecular weight excluding hydrogens is 354 g/mol. The van der Waals surface area contributed by atoms with Gasteiger partial charge in [0.05, 0.1) is 20.3 Å². The molecule has 140 valence electrons. The Morgan fingerprint density at radius 1 is 1.00 bits per heavy atom. The van der Waals surface area contributed by atoms with Crippen molar-refractivity contribution in [3.05, 3.63) is 89.3 Å². The Labute approximate surface area is 163 Å². The van der Waals surface area contributed by atoms with E-state index in [0.717, 1.165) is 22.8 Å². The van der Waals surface area contributed by atoms with E-state index in [1.165, 1.54) is 14.2 Å². The third-order valence-corrected chi connectivity index (χ3v) is 4.24. The standard InChI is InChI=1S/C23H19NO4/c1-27-22(25)16-21(23(26)28-2)24-15-14-18-10-6-7-11-19(18)20(24)13-12-17-8-4-3-5-9-17/h3-11,14-16,20H,1-2H3/b21-16+. The van der Waals surface area contributed by atoms with Gasteiger partial charge in [-0.2, -0.15) is 0 Å². The molecule has 28 heavy (non-hydrogen) atoms. The summed E-state index contributed by atoms with van der Waals surface area (Å²) >= 11 is 0. The average Bonchev–Trinajstić information content (AvgIpc) is 2.75. The summed E-state index contributed by atoms with van der Waals surface area (Å²) in [5, 5.41) is 0. The molecule has 0 spiro atoms. The van der Waals surface area contributed by atoms with Gasteiger partial charge >= 0.3 is 11.9 Å². The number of rotatable bonds is 3. The summed E-state index contributed by atoms with van der Waals surface area (Å²) in [7, 11) is 2.52. The first-order valence-corrected chi connectivity index (χ1v) is 8.64. The minimum atomic E-state index is -0.652. The zero-order chi connectivity index (χ0) is 19.9. The van der Waals surface area contributed by atoms with Gasteiger partial charge in [0.2, 0.25) is 0 Å². The Balaban J connectivity index is 2.10. The molecule has 1 atom stereocenters. The molecule has 0 aromatic heterocycles. The zero-order valence-corrected chi connectivity index (χ0v) is 15.6. The van der Waals surface area contributed by atoms with Crippen molar-refractivity contribution in [1.82, 2.24) is 4.90 Å². The highest BCUT2D eigenvalue weighted by Gasteiger charge is 2.29. The van der Waals surface area contributed by atoms with Crippen LogP contribution < -0.4 is 0 Å². The third kappa shape index (κ3) is 4.13. The Hall–Kier alpha value is -3.78. The van der Waals surface area contributed by atoms with Crippen LogP contribution in [-0.2, 0) is 19.1 Å². The fourth-order valence-corrected chi connectivity index (χ4v) is 2.86. The largest absolute Gasteiger partial charge is 0.466 e. The van der Waals surface area contributed by atoms with Crippen molar-refractivity contribution in [2.75, 3.05) is 14.2 Å². The number of hydrogen-bond donors (Lipinski definition) is 0. The van der Waals surface area contributed by atoms with Gasteiger partial charge in [-0.15, -0.1) is 0 Å². The molecule has 2 aromatic carbocycles. The number of methoxy groups -OCH3 is 2. The first kappa shape index (κ1) is 19.0. The Morgan fingerprint density at radius 3 is 2.43 bits per heavy atom. The maximum absolute atomic E-state index is 12.4. The lowest BCUT2D eigenvalue weighted by Gasteiger charge is -2.32. The fourth-order valence-electron chi connectivity index (χ4n) is 2.86. The van der Waals surface area contributed by atoms with Crippen LogP contribution in [0.1, 0.15) is 22.7 Å². The third-order valence-electron chi connectivity index (χ3n) is 4.24. The molecule has 0 aliphatic carbocycles. The van der Waals surface area contributed by atoms with Gasteiger partial charge in [-0.1, -0.05) is 54.3 Å². The maximum atomic E-state index is 12.4. The predicted molar refractivity (Wildman–Crippen MR) is 105 cm³/mol. The number of carbonyl (C=O) groups excluding carboxylic acids is 2. The van der Waals surface area contributed by atoms with Crippen LogP contribution in [0.4, 0.5) is 0 Å². The SMILES string of the molecule is COC(=O)/C=C(\C(=O)OC)N1C=Cc2ccccc2C1C#Cc1ccccc1.